The normalized spacial score (nSPS) is 22.3. The van der Waals surface area contributed by atoms with Gasteiger partial charge in [-0.1, -0.05) is 24.3 Å². The fourth-order valence-electron chi connectivity index (χ4n) is 3.15. The SMILES string of the molecule is C[C@@H]1CN(Cc2ccc(CNCc3ncc[nH]3)cc2)C[C@H](C)O1. The maximum Gasteiger partial charge on any atom is 0.120 e. The minimum absolute atomic E-state index is 0.323. The topological polar surface area (TPSA) is 53.2 Å². The highest BCUT2D eigenvalue weighted by Crippen LogP contribution is 2.14. The smallest absolute Gasteiger partial charge is 0.120 e. The Hall–Kier alpha value is -1.69. The van der Waals surface area contributed by atoms with Crippen molar-refractivity contribution >= 4 is 0 Å². The van der Waals surface area contributed by atoms with Crippen molar-refractivity contribution in [1.29, 1.82) is 0 Å². The number of rotatable bonds is 6. The standard InChI is InChI=1S/C18H26N4O/c1-14-11-22(12-15(2)23-14)13-17-5-3-16(4-6-17)9-19-10-18-20-7-8-21-18/h3-8,14-15,19H,9-13H2,1-2H3,(H,20,21)/t14-,15+. The summed E-state index contributed by atoms with van der Waals surface area (Å²) in [5, 5.41) is 3.40. The molecule has 0 radical (unpaired) electrons. The average molecular weight is 314 g/mol. The van der Waals surface area contributed by atoms with Gasteiger partial charge in [-0.15, -0.1) is 0 Å². The summed E-state index contributed by atoms with van der Waals surface area (Å²) >= 11 is 0. The first-order valence-corrected chi connectivity index (χ1v) is 8.33. The number of ether oxygens (including phenoxy) is 1. The number of H-pyrrole nitrogens is 1. The summed E-state index contributed by atoms with van der Waals surface area (Å²) in [6.45, 7) is 8.93. The molecule has 0 bridgehead atoms. The molecule has 3 rings (SSSR count). The third-order valence-electron chi connectivity index (χ3n) is 4.10. The van der Waals surface area contributed by atoms with Crippen LogP contribution < -0.4 is 5.32 Å². The molecule has 0 saturated carbocycles. The molecule has 1 aliphatic heterocycles. The van der Waals surface area contributed by atoms with Crippen LogP contribution in [0.1, 0.15) is 30.8 Å². The number of hydrogen-bond acceptors (Lipinski definition) is 4. The molecule has 2 aromatic rings. The lowest BCUT2D eigenvalue weighted by molar-refractivity contribution is -0.0704. The van der Waals surface area contributed by atoms with Gasteiger partial charge in [-0.05, 0) is 25.0 Å². The number of imidazole rings is 1. The molecule has 5 heteroatoms. The Morgan fingerprint density at radius 1 is 1.13 bits per heavy atom. The van der Waals surface area contributed by atoms with Gasteiger partial charge in [0.15, 0.2) is 0 Å². The highest BCUT2D eigenvalue weighted by molar-refractivity contribution is 5.22. The number of nitrogens with one attached hydrogen (secondary N) is 2. The Bertz CT molecular complexity index is 572. The van der Waals surface area contributed by atoms with E-state index >= 15 is 0 Å². The molecule has 1 saturated heterocycles. The van der Waals surface area contributed by atoms with E-state index in [4.69, 9.17) is 4.74 Å². The van der Waals surface area contributed by atoms with Gasteiger partial charge in [0, 0.05) is 38.6 Å². The molecule has 0 unspecified atom stereocenters. The molecule has 2 heterocycles. The molecule has 2 N–H and O–H groups in total. The Kier molecular flexibility index (Phi) is 5.43. The Morgan fingerprint density at radius 3 is 2.48 bits per heavy atom. The second-order valence-corrected chi connectivity index (χ2v) is 6.41. The highest BCUT2D eigenvalue weighted by Gasteiger charge is 2.21. The largest absolute Gasteiger partial charge is 0.373 e. The lowest BCUT2D eigenvalue weighted by Crippen LogP contribution is -2.44. The third kappa shape index (κ3) is 4.89. The molecule has 0 spiro atoms. The molecule has 0 aliphatic carbocycles. The van der Waals surface area contributed by atoms with Crippen LogP contribution in [0.15, 0.2) is 36.7 Å². The molecule has 1 aromatic carbocycles. The van der Waals surface area contributed by atoms with Crippen LogP contribution in [0.5, 0.6) is 0 Å². The molecule has 23 heavy (non-hydrogen) atoms. The van der Waals surface area contributed by atoms with Crippen molar-refractivity contribution in [2.75, 3.05) is 13.1 Å². The van der Waals surface area contributed by atoms with Crippen LogP contribution in [-0.2, 0) is 24.4 Å². The first-order chi connectivity index (χ1) is 11.2. The maximum absolute atomic E-state index is 5.79. The van der Waals surface area contributed by atoms with Crippen molar-refractivity contribution in [2.24, 2.45) is 0 Å². The summed E-state index contributed by atoms with van der Waals surface area (Å²) in [4.78, 5) is 9.78. The minimum Gasteiger partial charge on any atom is -0.373 e. The number of aromatic amines is 1. The van der Waals surface area contributed by atoms with E-state index in [0.29, 0.717) is 12.2 Å². The molecular weight excluding hydrogens is 288 g/mol. The van der Waals surface area contributed by atoms with Crippen molar-refractivity contribution in [2.45, 2.75) is 45.7 Å². The third-order valence-corrected chi connectivity index (χ3v) is 4.10. The van der Waals surface area contributed by atoms with E-state index in [2.05, 4.69) is 58.3 Å². The van der Waals surface area contributed by atoms with Gasteiger partial charge < -0.3 is 15.0 Å². The van der Waals surface area contributed by atoms with Gasteiger partial charge in [0.1, 0.15) is 5.82 Å². The summed E-state index contributed by atoms with van der Waals surface area (Å²) in [6.07, 6.45) is 4.27. The molecule has 5 nitrogen and oxygen atoms in total. The van der Waals surface area contributed by atoms with E-state index < -0.39 is 0 Å². The lowest BCUT2D eigenvalue weighted by atomic mass is 10.1. The van der Waals surface area contributed by atoms with Gasteiger partial charge >= 0.3 is 0 Å². The summed E-state index contributed by atoms with van der Waals surface area (Å²) in [6, 6.07) is 8.87. The monoisotopic (exact) mass is 314 g/mol. The zero-order valence-corrected chi connectivity index (χ0v) is 14.0. The molecule has 1 aliphatic rings. The number of benzene rings is 1. The Balaban J connectivity index is 1.47. The molecule has 124 valence electrons. The molecule has 2 atom stereocenters. The predicted molar refractivity (Wildman–Crippen MR) is 90.9 cm³/mol. The first-order valence-electron chi connectivity index (χ1n) is 8.33. The highest BCUT2D eigenvalue weighted by atomic mass is 16.5. The van der Waals surface area contributed by atoms with Gasteiger partial charge in [0.25, 0.3) is 0 Å². The Morgan fingerprint density at radius 2 is 1.83 bits per heavy atom. The van der Waals surface area contributed by atoms with Gasteiger partial charge in [0.2, 0.25) is 0 Å². The molecular formula is C18H26N4O. The van der Waals surface area contributed by atoms with E-state index in [-0.39, 0.29) is 0 Å². The van der Waals surface area contributed by atoms with Gasteiger partial charge in [0.05, 0.1) is 18.8 Å². The number of nitrogens with zero attached hydrogens (tertiary/aromatic N) is 2. The number of hydrogen-bond donors (Lipinski definition) is 2. The van der Waals surface area contributed by atoms with Crippen LogP contribution in [0, 0.1) is 0 Å². The summed E-state index contributed by atoms with van der Waals surface area (Å²) in [7, 11) is 0. The Labute approximate surface area is 138 Å². The van der Waals surface area contributed by atoms with Crippen LogP contribution in [-0.4, -0.2) is 40.2 Å². The van der Waals surface area contributed by atoms with Crippen LogP contribution >= 0.6 is 0 Å². The van der Waals surface area contributed by atoms with Gasteiger partial charge in [-0.3, -0.25) is 4.90 Å². The minimum atomic E-state index is 0.323. The molecule has 0 amide bonds. The van der Waals surface area contributed by atoms with Crippen molar-refractivity contribution in [1.82, 2.24) is 20.2 Å². The summed E-state index contributed by atoms with van der Waals surface area (Å²) in [5.41, 5.74) is 2.66. The quantitative estimate of drug-likeness (QED) is 0.859. The molecule has 1 aromatic heterocycles. The van der Waals surface area contributed by atoms with Crippen molar-refractivity contribution < 1.29 is 4.74 Å². The fraction of sp³-hybridized carbons (Fsp3) is 0.500. The van der Waals surface area contributed by atoms with Crippen molar-refractivity contribution in [3.05, 3.63) is 53.6 Å². The first kappa shape index (κ1) is 16.2. The van der Waals surface area contributed by atoms with E-state index in [9.17, 15) is 0 Å². The average Bonchev–Trinajstić information content (AvgIpc) is 3.01. The van der Waals surface area contributed by atoms with E-state index in [1.165, 1.54) is 11.1 Å². The zero-order chi connectivity index (χ0) is 16.1. The zero-order valence-electron chi connectivity index (χ0n) is 14.0. The van der Waals surface area contributed by atoms with Crippen LogP contribution in [0.4, 0.5) is 0 Å². The maximum atomic E-state index is 5.79. The van der Waals surface area contributed by atoms with Gasteiger partial charge in [-0.25, -0.2) is 4.98 Å². The molecule has 1 fully saturated rings. The second kappa shape index (κ2) is 7.73. The second-order valence-electron chi connectivity index (χ2n) is 6.41. The summed E-state index contributed by atoms with van der Waals surface area (Å²) < 4.78 is 5.79. The predicted octanol–water partition coefficient (Wildman–Crippen LogP) is 2.31. The fourth-order valence-corrected chi connectivity index (χ4v) is 3.15. The van der Waals surface area contributed by atoms with Crippen LogP contribution in [0.2, 0.25) is 0 Å². The number of aromatic nitrogens is 2. The number of morpholine rings is 1. The van der Waals surface area contributed by atoms with E-state index in [0.717, 1.165) is 38.5 Å². The van der Waals surface area contributed by atoms with Crippen LogP contribution in [0.25, 0.3) is 0 Å². The van der Waals surface area contributed by atoms with Gasteiger partial charge in [-0.2, -0.15) is 0 Å². The van der Waals surface area contributed by atoms with Crippen LogP contribution in [0.3, 0.4) is 0 Å². The van der Waals surface area contributed by atoms with E-state index in [1.807, 2.05) is 6.20 Å². The lowest BCUT2D eigenvalue weighted by Gasteiger charge is -2.35. The van der Waals surface area contributed by atoms with E-state index in [1.54, 1.807) is 6.20 Å². The summed E-state index contributed by atoms with van der Waals surface area (Å²) in [5.74, 6) is 0.970. The van der Waals surface area contributed by atoms with Crippen molar-refractivity contribution in [3.63, 3.8) is 0 Å². The van der Waals surface area contributed by atoms with Crippen molar-refractivity contribution in [3.8, 4) is 0 Å².